The molecule has 0 fully saturated rings. The number of fused-ring (bicyclic) bond motifs is 1. The second-order valence-electron chi connectivity index (χ2n) is 6.48. The molecule has 0 saturated carbocycles. The third-order valence-corrected chi connectivity index (χ3v) is 4.68. The largest absolute Gasteiger partial charge is 0.363 e. The molecule has 2 atom stereocenters. The number of nitrogens with zero attached hydrogens (tertiary/aromatic N) is 1. The first-order chi connectivity index (χ1) is 12.7. The summed E-state index contributed by atoms with van der Waals surface area (Å²) in [6, 6.07) is 17.7. The van der Waals surface area contributed by atoms with Crippen molar-refractivity contribution in [3.8, 4) is 11.3 Å². The standard InChI is InChI=1S/C21H21N3O2/c1-14(20-22-13-18(24-20)16-8-3-2-4-9-16)23-21(25)19-17-10-6-5-7-15(17)11-12-26-19/h2-10,13-14,19H,11-12H2,1H3,(H,22,24)(H,23,25). The molecule has 2 aromatic carbocycles. The summed E-state index contributed by atoms with van der Waals surface area (Å²) in [7, 11) is 0. The molecule has 1 amide bonds. The highest BCUT2D eigenvalue weighted by atomic mass is 16.5. The third kappa shape index (κ3) is 3.26. The van der Waals surface area contributed by atoms with Gasteiger partial charge in [-0.1, -0.05) is 54.6 Å². The Morgan fingerprint density at radius 2 is 1.96 bits per heavy atom. The predicted octanol–water partition coefficient (Wildman–Crippen LogP) is 3.57. The van der Waals surface area contributed by atoms with Crippen molar-refractivity contribution in [3.63, 3.8) is 0 Å². The Labute approximate surface area is 152 Å². The molecule has 1 aliphatic heterocycles. The van der Waals surface area contributed by atoms with Gasteiger partial charge in [-0.25, -0.2) is 4.98 Å². The molecule has 132 valence electrons. The molecular weight excluding hydrogens is 326 g/mol. The number of aromatic amines is 1. The highest BCUT2D eigenvalue weighted by Gasteiger charge is 2.28. The van der Waals surface area contributed by atoms with E-state index in [1.165, 1.54) is 5.56 Å². The molecule has 0 bridgehead atoms. The predicted molar refractivity (Wildman–Crippen MR) is 99.4 cm³/mol. The molecule has 2 heterocycles. The fraction of sp³-hybridized carbons (Fsp3) is 0.238. The van der Waals surface area contributed by atoms with Gasteiger partial charge in [0.15, 0.2) is 6.10 Å². The average Bonchev–Trinajstić information content (AvgIpc) is 3.18. The summed E-state index contributed by atoms with van der Waals surface area (Å²) in [5.74, 6) is 0.587. The van der Waals surface area contributed by atoms with Gasteiger partial charge in [0.05, 0.1) is 24.5 Å². The maximum Gasteiger partial charge on any atom is 0.254 e. The van der Waals surface area contributed by atoms with Crippen molar-refractivity contribution in [2.45, 2.75) is 25.5 Å². The topological polar surface area (TPSA) is 67.0 Å². The number of ether oxygens (including phenoxy) is 1. The van der Waals surface area contributed by atoms with Crippen LogP contribution < -0.4 is 5.32 Å². The van der Waals surface area contributed by atoms with E-state index in [-0.39, 0.29) is 11.9 Å². The van der Waals surface area contributed by atoms with E-state index in [0.717, 1.165) is 29.1 Å². The van der Waals surface area contributed by atoms with Crippen LogP contribution >= 0.6 is 0 Å². The molecule has 4 rings (SSSR count). The molecular formula is C21H21N3O2. The molecule has 2 N–H and O–H groups in total. The fourth-order valence-electron chi connectivity index (χ4n) is 3.29. The zero-order chi connectivity index (χ0) is 17.9. The number of rotatable bonds is 4. The normalized spacial score (nSPS) is 17.3. The highest BCUT2D eigenvalue weighted by Crippen LogP contribution is 2.28. The molecule has 3 aromatic rings. The number of hydrogen-bond acceptors (Lipinski definition) is 3. The minimum Gasteiger partial charge on any atom is -0.363 e. The van der Waals surface area contributed by atoms with Gasteiger partial charge < -0.3 is 15.0 Å². The van der Waals surface area contributed by atoms with Crippen molar-refractivity contribution in [1.29, 1.82) is 0 Å². The summed E-state index contributed by atoms with van der Waals surface area (Å²) in [6.07, 6.45) is 2.07. The van der Waals surface area contributed by atoms with Crippen LogP contribution in [-0.2, 0) is 16.0 Å². The van der Waals surface area contributed by atoms with Crippen molar-refractivity contribution < 1.29 is 9.53 Å². The second-order valence-corrected chi connectivity index (χ2v) is 6.48. The Bertz CT molecular complexity index is 904. The Morgan fingerprint density at radius 3 is 2.81 bits per heavy atom. The lowest BCUT2D eigenvalue weighted by Crippen LogP contribution is -2.35. The summed E-state index contributed by atoms with van der Waals surface area (Å²) >= 11 is 0. The molecule has 0 saturated heterocycles. The van der Waals surface area contributed by atoms with Crippen molar-refractivity contribution in [1.82, 2.24) is 15.3 Å². The van der Waals surface area contributed by atoms with Gasteiger partial charge in [-0.15, -0.1) is 0 Å². The van der Waals surface area contributed by atoms with Crippen LogP contribution in [0.15, 0.2) is 60.8 Å². The number of carbonyl (C=O) groups excluding carboxylic acids is 1. The second kappa shape index (κ2) is 7.14. The third-order valence-electron chi connectivity index (χ3n) is 4.68. The first kappa shape index (κ1) is 16.5. The van der Waals surface area contributed by atoms with Crippen LogP contribution in [0.5, 0.6) is 0 Å². The van der Waals surface area contributed by atoms with E-state index < -0.39 is 6.10 Å². The lowest BCUT2D eigenvalue weighted by molar-refractivity contribution is -0.134. The monoisotopic (exact) mass is 347 g/mol. The Hall–Kier alpha value is -2.92. The smallest absolute Gasteiger partial charge is 0.254 e. The first-order valence-electron chi connectivity index (χ1n) is 8.82. The van der Waals surface area contributed by atoms with E-state index >= 15 is 0 Å². The van der Waals surface area contributed by atoms with Gasteiger partial charge in [-0.2, -0.15) is 0 Å². The Morgan fingerprint density at radius 1 is 1.19 bits per heavy atom. The lowest BCUT2D eigenvalue weighted by Gasteiger charge is -2.26. The molecule has 0 aliphatic carbocycles. The zero-order valence-corrected chi connectivity index (χ0v) is 14.6. The van der Waals surface area contributed by atoms with E-state index in [2.05, 4.69) is 21.4 Å². The molecule has 5 heteroatoms. The maximum atomic E-state index is 12.7. The van der Waals surface area contributed by atoms with Gasteiger partial charge >= 0.3 is 0 Å². The van der Waals surface area contributed by atoms with Gasteiger partial charge in [0.1, 0.15) is 5.82 Å². The number of H-pyrrole nitrogens is 1. The van der Waals surface area contributed by atoms with Crippen LogP contribution in [0.3, 0.4) is 0 Å². The number of hydrogen-bond donors (Lipinski definition) is 2. The number of imidazole rings is 1. The SMILES string of the molecule is CC(NC(=O)C1OCCc2ccccc21)c1ncc(-c2ccccc2)[nH]1. The Kier molecular flexibility index (Phi) is 4.54. The summed E-state index contributed by atoms with van der Waals surface area (Å²) < 4.78 is 5.73. The van der Waals surface area contributed by atoms with E-state index in [4.69, 9.17) is 4.74 Å². The van der Waals surface area contributed by atoms with Crippen molar-refractivity contribution in [2.75, 3.05) is 6.61 Å². The number of carbonyl (C=O) groups is 1. The highest BCUT2D eigenvalue weighted by molar-refractivity contribution is 5.83. The zero-order valence-electron chi connectivity index (χ0n) is 14.6. The van der Waals surface area contributed by atoms with Crippen molar-refractivity contribution in [3.05, 3.63) is 77.7 Å². The lowest BCUT2D eigenvalue weighted by atomic mass is 9.97. The van der Waals surface area contributed by atoms with Gasteiger partial charge in [0.2, 0.25) is 0 Å². The quantitative estimate of drug-likeness (QED) is 0.758. The number of nitrogens with one attached hydrogen (secondary N) is 2. The van der Waals surface area contributed by atoms with Crippen LogP contribution in [0, 0.1) is 0 Å². The number of benzene rings is 2. The van der Waals surface area contributed by atoms with Crippen LogP contribution in [0.2, 0.25) is 0 Å². The van der Waals surface area contributed by atoms with Gasteiger partial charge in [0.25, 0.3) is 5.91 Å². The minimum absolute atomic E-state index is 0.137. The van der Waals surface area contributed by atoms with E-state index in [0.29, 0.717) is 6.61 Å². The molecule has 26 heavy (non-hydrogen) atoms. The van der Waals surface area contributed by atoms with Crippen LogP contribution in [-0.4, -0.2) is 22.5 Å². The van der Waals surface area contributed by atoms with Gasteiger partial charge in [0, 0.05) is 0 Å². The van der Waals surface area contributed by atoms with Gasteiger partial charge in [-0.3, -0.25) is 4.79 Å². The molecule has 0 radical (unpaired) electrons. The summed E-state index contributed by atoms with van der Waals surface area (Å²) in [4.78, 5) is 20.5. The van der Waals surface area contributed by atoms with Crippen LogP contribution in [0.1, 0.15) is 36.0 Å². The minimum atomic E-state index is -0.564. The van der Waals surface area contributed by atoms with Crippen molar-refractivity contribution >= 4 is 5.91 Å². The van der Waals surface area contributed by atoms with E-state index in [9.17, 15) is 4.79 Å². The summed E-state index contributed by atoms with van der Waals surface area (Å²) in [5, 5.41) is 3.01. The Balaban J connectivity index is 1.48. The molecule has 0 spiro atoms. The van der Waals surface area contributed by atoms with E-state index in [1.807, 2.05) is 55.5 Å². The van der Waals surface area contributed by atoms with E-state index in [1.54, 1.807) is 6.20 Å². The first-order valence-corrected chi connectivity index (χ1v) is 8.82. The maximum absolute atomic E-state index is 12.7. The fourth-order valence-corrected chi connectivity index (χ4v) is 3.29. The average molecular weight is 347 g/mol. The van der Waals surface area contributed by atoms with Crippen LogP contribution in [0.4, 0.5) is 0 Å². The molecule has 1 aromatic heterocycles. The van der Waals surface area contributed by atoms with Crippen molar-refractivity contribution in [2.24, 2.45) is 0 Å². The molecule has 1 aliphatic rings. The van der Waals surface area contributed by atoms with Gasteiger partial charge in [-0.05, 0) is 30.0 Å². The molecule has 2 unspecified atom stereocenters. The molecule has 5 nitrogen and oxygen atoms in total. The number of aromatic nitrogens is 2. The number of amides is 1. The summed E-state index contributed by atoms with van der Waals surface area (Å²) in [5.41, 5.74) is 4.12. The summed E-state index contributed by atoms with van der Waals surface area (Å²) in [6.45, 7) is 2.47. The van der Waals surface area contributed by atoms with Crippen LogP contribution in [0.25, 0.3) is 11.3 Å².